The van der Waals surface area contributed by atoms with Gasteiger partial charge in [-0.1, -0.05) is 38.1 Å². The molecule has 1 atom stereocenters. The lowest BCUT2D eigenvalue weighted by Gasteiger charge is -2.10. The van der Waals surface area contributed by atoms with Gasteiger partial charge in [-0.25, -0.2) is 13.1 Å². The SMILES string of the molecule is CCC(C)c1ccc(CNS(=O)(=O)C2CC2)cc1. The summed E-state index contributed by atoms with van der Waals surface area (Å²) in [4.78, 5) is 0. The molecule has 0 bridgehead atoms. The van der Waals surface area contributed by atoms with E-state index < -0.39 is 10.0 Å². The normalized spacial score (nSPS) is 17.7. The molecule has 0 heterocycles. The second-order valence-corrected chi connectivity index (χ2v) is 7.16. The van der Waals surface area contributed by atoms with Crippen LogP contribution in [0.2, 0.25) is 0 Å². The maximum absolute atomic E-state index is 11.7. The van der Waals surface area contributed by atoms with Crippen LogP contribution in [-0.2, 0) is 16.6 Å². The first kappa shape index (κ1) is 13.6. The fraction of sp³-hybridized carbons (Fsp3) is 0.571. The highest BCUT2D eigenvalue weighted by Crippen LogP contribution is 2.27. The molecule has 1 aliphatic rings. The van der Waals surface area contributed by atoms with E-state index in [0.29, 0.717) is 12.5 Å². The van der Waals surface area contributed by atoms with Gasteiger partial charge in [-0.3, -0.25) is 0 Å². The topological polar surface area (TPSA) is 46.2 Å². The largest absolute Gasteiger partial charge is 0.214 e. The van der Waals surface area contributed by atoms with Crippen LogP contribution in [0, 0.1) is 0 Å². The van der Waals surface area contributed by atoms with Crippen LogP contribution in [0.3, 0.4) is 0 Å². The molecule has 100 valence electrons. The summed E-state index contributed by atoms with van der Waals surface area (Å²) in [6.07, 6.45) is 2.73. The predicted octanol–water partition coefficient (Wildman–Crippen LogP) is 2.78. The molecular weight excluding hydrogens is 246 g/mol. The Kier molecular flexibility index (Phi) is 4.07. The van der Waals surface area contributed by atoms with Gasteiger partial charge in [0.2, 0.25) is 10.0 Å². The van der Waals surface area contributed by atoms with Crippen LogP contribution in [0.5, 0.6) is 0 Å². The maximum Gasteiger partial charge on any atom is 0.214 e. The number of hydrogen-bond acceptors (Lipinski definition) is 2. The zero-order valence-electron chi connectivity index (χ0n) is 11.0. The van der Waals surface area contributed by atoms with Crippen molar-refractivity contribution in [3.63, 3.8) is 0 Å². The summed E-state index contributed by atoms with van der Waals surface area (Å²) in [6.45, 7) is 4.77. The number of benzene rings is 1. The number of sulfonamides is 1. The Morgan fingerprint density at radius 1 is 1.28 bits per heavy atom. The van der Waals surface area contributed by atoms with Crippen molar-refractivity contribution < 1.29 is 8.42 Å². The summed E-state index contributed by atoms with van der Waals surface area (Å²) in [5, 5.41) is -0.142. The first-order valence-corrected chi connectivity index (χ1v) is 8.15. The second kappa shape index (κ2) is 5.41. The molecule has 1 saturated carbocycles. The minimum absolute atomic E-state index is 0.142. The van der Waals surface area contributed by atoms with Crippen molar-refractivity contribution in [2.24, 2.45) is 0 Å². The highest BCUT2D eigenvalue weighted by molar-refractivity contribution is 7.90. The van der Waals surface area contributed by atoms with Crippen LogP contribution in [0.25, 0.3) is 0 Å². The van der Waals surface area contributed by atoms with Gasteiger partial charge in [0.15, 0.2) is 0 Å². The van der Waals surface area contributed by atoms with Crippen molar-refractivity contribution in [1.82, 2.24) is 4.72 Å². The van der Waals surface area contributed by atoms with Crippen LogP contribution in [-0.4, -0.2) is 13.7 Å². The third-order valence-electron chi connectivity index (χ3n) is 3.60. The molecule has 0 saturated heterocycles. The minimum Gasteiger partial charge on any atom is -0.212 e. The molecule has 0 spiro atoms. The van der Waals surface area contributed by atoms with Crippen molar-refractivity contribution >= 4 is 10.0 Å². The Morgan fingerprint density at radius 2 is 1.89 bits per heavy atom. The number of rotatable bonds is 6. The van der Waals surface area contributed by atoms with Gasteiger partial charge >= 0.3 is 0 Å². The summed E-state index contributed by atoms with van der Waals surface area (Å²) >= 11 is 0. The number of hydrogen-bond donors (Lipinski definition) is 1. The van der Waals surface area contributed by atoms with Gasteiger partial charge in [-0.15, -0.1) is 0 Å². The molecule has 1 fully saturated rings. The molecular formula is C14H21NO2S. The average molecular weight is 267 g/mol. The van der Waals surface area contributed by atoms with Crippen molar-refractivity contribution in [2.75, 3.05) is 0 Å². The third kappa shape index (κ3) is 3.33. The lowest BCUT2D eigenvalue weighted by atomic mass is 9.98. The minimum atomic E-state index is -3.07. The average Bonchev–Trinajstić information content (AvgIpc) is 3.21. The second-order valence-electron chi connectivity index (χ2n) is 5.12. The van der Waals surface area contributed by atoms with E-state index in [1.807, 2.05) is 12.1 Å². The van der Waals surface area contributed by atoms with E-state index in [1.54, 1.807) is 0 Å². The molecule has 2 rings (SSSR count). The standard InChI is InChI=1S/C14H21NO2S/c1-3-11(2)13-6-4-12(5-7-13)10-15-18(16,17)14-8-9-14/h4-7,11,14-15H,3,8-10H2,1-2H3. The monoisotopic (exact) mass is 267 g/mol. The first-order chi connectivity index (χ1) is 8.53. The van der Waals surface area contributed by atoms with E-state index in [4.69, 9.17) is 0 Å². The van der Waals surface area contributed by atoms with E-state index >= 15 is 0 Å². The zero-order chi connectivity index (χ0) is 13.2. The van der Waals surface area contributed by atoms with Crippen LogP contribution in [0.15, 0.2) is 24.3 Å². The van der Waals surface area contributed by atoms with Crippen LogP contribution >= 0.6 is 0 Å². The van der Waals surface area contributed by atoms with Gasteiger partial charge in [0.1, 0.15) is 0 Å². The van der Waals surface area contributed by atoms with Crippen molar-refractivity contribution in [2.45, 2.75) is 50.8 Å². The van der Waals surface area contributed by atoms with Gasteiger partial charge < -0.3 is 0 Å². The van der Waals surface area contributed by atoms with E-state index in [-0.39, 0.29) is 5.25 Å². The van der Waals surface area contributed by atoms with E-state index in [2.05, 4.69) is 30.7 Å². The lowest BCUT2D eigenvalue weighted by molar-refractivity contribution is 0.580. The fourth-order valence-electron chi connectivity index (χ4n) is 1.88. The van der Waals surface area contributed by atoms with Crippen LogP contribution < -0.4 is 4.72 Å². The molecule has 0 radical (unpaired) electrons. The maximum atomic E-state index is 11.7. The molecule has 18 heavy (non-hydrogen) atoms. The Balaban J connectivity index is 1.94. The quantitative estimate of drug-likeness (QED) is 0.861. The van der Waals surface area contributed by atoms with Crippen molar-refractivity contribution in [1.29, 1.82) is 0 Å². The Hall–Kier alpha value is -0.870. The summed E-state index contributed by atoms with van der Waals surface area (Å²) in [5.41, 5.74) is 2.33. The summed E-state index contributed by atoms with van der Waals surface area (Å²) in [6, 6.07) is 8.21. The molecule has 0 aromatic heterocycles. The van der Waals surface area contributed by atoms with E-state index in [9.17, 15) is 8.42 Å². The van der Waals surface area contributed by atoms with Crippen LogP contribution in [0.4, 0.5) is 0 Å². The number of nitrogens with one attached hydrogen (secondary N) is 1. The highest BCUT2D eigenvalue weighted by atomic mass is 32.2. The van der Waals surface area contributed by atoms with Gasteiger partial charge in [-0.2, -0.15) is 0 Å². The Bertz CT molecular complexity index is 489. The fourth-order valence-corrected chi connectivity index (χ4v) is 3.24. The Labute approximate surface area is 110 Å². The molecule has 0 amide bonds. The smallest absolute Gasteiger partial charge is 0.212 e. The molecule has 1 unspecified atom stereocenters. The summed E-state index contributed by atoms with van der Waals surface area (Å²) in [5.74, 6) is 0.558. The third-order valence-corrected chi connectivity index (χ3v) is 5.50. The highest BCUT2D eigenvalue weighted by Gasteiger charge is 2.35. The predicted molar refractivity (Wildman–Crippen MR) is 73.9 cm³/mol. The summed E-state index contributed by atoms with van der Waals surface area (Å²) in [7, 11) is -3.07. The van der Waals surface area contributed by atoms with Gasteiger partial charge in [-0.05, 0) is 36.3 Å². The Morgan fingerprint density at radius 3 is 2.39 bits per heavy atom. The molecule has 0 aliphatic heterocycles. The molecule has 1 aromatic carbocycles. The first-order valence-electron chi connectivity index (χ1n) is 6.60. The lowest BCUT2D eigenvalue weighted by Crippen LogP contribution is -2.26. The van der Waals surface area contributed by atoms with Gasteiger partial charge in [0, 0.05) is 6.54 Å². The molecule has 1 aliphatic carbocycles. The molecule has 1 N–H and O–H groups in total. The van der Waals surface area contributed by atoms with E-state index in [1.165, 1.54) is 5.56 Å². The molecule has 1 aromatic rings. The van der Waals surface area contributed by atoms with Gasteiger partial charge in [0.25, 0.3) is 0 Å². The van der Waals surface area contributed by atoms with Crippen molar-refractivity contribution in [3.05, 3.63) is 35.4 Å². The zero-order valence-corrected chi connectivity index (χ0v) is 11.8. The van der Waals surface area contributed by atoms with Crippen molar-refractivity contribution in [3.8, 4) is 0 Å². The molecule has 3 nitrogen and oxygen atoms in total. The molecule has 4 heteroatoms. The van der Waals surface area contributed by atoms with Gasteiger partial charge in [0.05, 0.1) is 5.25 Å². The van der Waals surface area contributed by atoms with E-state index in [0.717, 1.165) is 24.8 Å². The van der Waals surface area contributed by atoms with Crippen LogP contribution in [0.1, 0.15) is 50.2 Å². The summed E-state index contributed by atoms with van der Waals surface area (Å²) < 4.78 is 26.0.